The highest BCUT2D eigenvalue weighted by atomic mass is 16.5. The summed E-state index contributed by atoms with van der Waals surface area (Å²) in [6, 6.07) is 7.31. The fourth-order valence-electron chi connectivity index (χ4n) is 1.71. The molecule has 0 aliphatic carbocycles. The van der Waals surface area contributed by atoms with E-state index in [1.165, 1.54) is 25.8 Å². The van der Waals surface area contributed by atoms with Crippen LogP contribution in [0.1, 0.15) is 33.3 Å². The smallest absolute Gasteiger partial charge is 0.329 e. The molecule has 1 rings (SSSR count). The number of carboxylic acids is 1. The molecule has 0 fully saturated rings. The number of rotatable bonds is 7. The first-order chi connectivity index (χ1) is 10.1. The van der Waals surface area contributed by atoms with Gasteiger partial charge < -0.3 is 14.7 Å². The number of carboxylic acid groups (broad SMARTS) is 1. The van der Waals surface area contributed by atoms with Crippen molar-refractivity contribution >= 4 is 11.9 Å². The monoisotopic (exact) mass is 307 g/mol. The first-order valence-corrected chi connectivity index (χ1v) is 7.36. The molecule has 0 spiro atoms. The van der Waals surface area contributed by atoms with Crippen molar-refractivity contribution in [1.29, 1.82) is 0 Å². The van der Waals surface area contributed by atoms with Gasteiger partial charge in [-0.05, 0) is 37.5 Å². The van der Waals surface area contributed by atoms with Gasteiger partial charge in [0.2, 0.25) is 5.91 Å². The van der Waals surface area contributed by atoms with Gasteiger partial charge in [0, 0.05) is 7.05 Å². The number of amides is 1. The first-order valence-electron chi connectivity index (χ1n) is 7.36. The minimum absolute atomic E-state index is 0.164. The zero-order valence-electron chi connectivity index (χ0n) is 13.9. The maximum Gasteiger partial charge on any atom is 0.329 e. The van der Waals surface area contributed by atoms with Crippen LogP contribution in [0.25, 0.3) is 0 Å². The number of carbonyl (C=O) groups is 2. The van der Waals surface area contributed by atoms with Crippen LogP contribution < -0.4 is 4.74 Å². The Hall–Kier alpha value is -2.04. The molecular weight excluding hydrogens is 282 g/mol. The Morgan fingerprint density at radius 3 is 2.23 bits per heavy atom. The Morgan fingerprint density at radius 2 is 1.77 bits per heavy atom. The minimum atomic E-state index is -1.22. The lowest BCUT2D eigenvalue weighted by atomic mass is 10.0. The summed E-state index contributed by atoms with van der Waals surface area (Å²) in [5, 5.41) is 9.16. The molecule has 0 atom stereocenters. The second-order valence-electron chi connectivity index (χ2n) is 6.34. The second kappa shape index (κ2) is 7.29. The molecule has 5 heteroatoms. The van der Waals surface area contributed by atoms with Gasteiger partial charge in [0.1, 0.15) is 11.3 Å². The first kappa shape index (κ1) is 18.0. The molecule has 0 aromatic heterocycles. The molecule has 1 amide bonds. The lowest BCUT2D eigenvalue weighted by molar-refractivity contribution is -0.155. The van der Waals surface area contributed by atoms with Crippen molar-refractivity contribution in [2.75, 3.05) is 13.7 Å². The molecule has 5 nitrogen and oxygen atoms in total. The van der Waals surface area contributed by atoms with Gasteiger partial charge in [-0.15, -0.1) is 0 Å². The number of nitrogens with zero attached hydrogens (tertiary/aromatic N) is 1. The Morgan fingerprint density at radius 1 is 1.23 bits per heavy atom. The van der Waals surface area contributed by atoms with Crippen LogP contribution in [0.4, 0.5) is 0 Å². The molecule has 122 valence electrons. The number of carbonyl (C=O) groups excluding carboxylic acids is 1. The zero-order chi connectivity index (χ0) is 16.9. The van der Waals surface area contributed by atoms with Gasteiger partial charge in [-0.25, -0.2) is 4.79 Å². The van der Waals surface area contributed by atoms with E-state index < -0.39 is 11.5 Å². The largest absolute Gasteiger partial charge is 0.493 e. The van der Waals surface area contributed by atoms with Crippen LogP contribution in [0.3, 0.4) is 0 Å². The summed E-state index contributed by atoms with van der Waals surface area (Å²) in [5.74, 6) is -0.0405. The summed E-state index contributed by atoms with van der Waals surface area (Å²) in [6.07, 6.45) is 0.164. The third-order valence-corrected chi connectivity index (χ3v) is 3.60. The molecule has 0 saturated heterocycles. The van der Waals surface area contributed by atoms with Crippen molar-refractivity contribution in [3.05, 3.63) is 29.8 Å². The Bertz CT molecular complexity index is 520. The Labute approximate surface area is 131 Å². The molecule has 1 aromatic rings. The predicted octanol–water partition coefficient (Wildman–Crippen LogP) is 2.59. The van der Waals surface area contributed by atoms with E-state index in [0.29, 0.717) is 12.5 Å². The van der Waals surface area contributed by atoms with Crippen molar-refractivity contribution < 1.29 is 19.4 Å². The number of ether oxygens (including phenoxy) is 1. The molecule has 22 heavy (non-hydrogen) atoms. The van der Waals surface area contributed by atoms with E-state index in [2.05, 4.69) is 13.8 Å². The van der Waals surface area contributed by atoms with Crippen molar-refractivity contribution in [3.8, 4) is 5.75 Å². The molecule has 0 radical (unpaired) electrons. The van der Waals surface area contributed by atoms with Gasteiger partial charge in [-0.2, -0.15) is 0 Å². The average molecular weight is 307 g/mol. The SMILES string of the molecule is CC(C)COc1ccc(CC(=O)N(C)C(C)(C)C(=O)O)cc1. The number of aliphatic carboxylic acids is 1. The van der Waals surface area contributed by atoms with Crippen LogP contribution in [0.2, 0.25) is 0 Å². The Balaban J connectivity index is 2.67. The van der Waals surface area contributed by atoms with Crippen LogP contribution in [0.15, 0.2) is 24.3 Å². The second-order valence-corrected chi connectivity index (χ2v) is 6.34. The maximum atomic E-state index is 12.2. The summed E-state index contributed by atoms with van der Waals surface area (Å²) < 4.78 is 5.59. The third-order valence-electron chi connectivity index (χ3n) is 3.60. The lowest BCUT2D eigenvalue weighted by Gasteiger charge is -2.31. The average Bonchev–Trinajstić information content (AvgIpc) is 2.45. The standard InChI is InChI=1S/C17H25NO4/c1-12(2)11-22-14-8-6-13(7-9-14)10-15(19)18(5)17(3,4)16(20)21/h6-9,12H,10-11H2,1-5H3,(H,20,21). The zero-order valence-corrected chi connectivity index (χ0v) is 13.9. The summed E-state index contributed by atoms with van der Waals surface area (Å²) in [5.41, 5.74) is -0.396. The van der Waals surface area contributed by atoms with Crippen molar-refractivity contribution in [3.63, 3.8) is 0 Å². The van der Waals surface area contributed by atoms with E-state index in [9.17, 15) is 9.59 Å². The molecular formula is C17H25NO4. The molecule has 0 aliphatic heterocycles. The molecule has 0 heterocycles. The van der Waals surface area contributed by atoms with Crippen molar-refractivity contribution in [1.82, 2.24) is 4.90 Å². The number of benzene rings is 1. The van der Waals surface area contributed by atoms with E-state index in [0.717, 1.165) is 11.3 Å². The number of hydrogen-bond donors (Lipinski definition) is 1. The topological polar surface area (TPSA) is 66.8 Å². The highest BCUT2D eigenvalue weighted by Crippen LogP contribution is 2.17. The third kappa shape index (κ3) is 4.76. The van der Waals surface area contributed by atoms with E-state index in [1.54, 1.807) is 0 Å². The van der Waals surface area contributed by atoms with Gasteiger partial charge in [0.15, 0.2) is 0 Å². The van der Waals surface area contributed by atoms with Crippen LogP contribution in [-0.2, 0) is 16.0 Å². The van der Waals surface area contributed by atoms with Crippen LogP contribution in [0, 0.1) is 5.92 Å². The summed E-state index contributed by atoms with van der Waals surface area (Å²) in [6.45, 7) is 7.82. The Kier molecular flexibility index (Phi) is 5.97. The quantitative estimate of drug-likeness (QED) is 0.841. The van der Waals surface area contributed by atoms with E-state index in [1.807, 2.05) is 24.3 Å². The van der Waals surface area contributed by atoms with Gasteiger partial charge in [-0.1, -0.05) is 26.0 Å². The van der Waals surface area contributed by atoms with Crippen LogP contribution in [-0.4, -0.2) is 41.1 Å². The molecule has 0 unspecified atom stereocenters. The number of likely N-dealkylation sites (N-methyl/N-ethyl adjacent to an activating group) is 1. The molecule has 0 aliphatic rings. The minimum Gasteiger partial charge on any atom is -0.493 e. The molecule has 1 aromatic carbocycles. The predicted molar refractivity (Wildman–Crippen MR) is 85.0 cm³/mol. The molecule has 0 bridgehead atoms. The van der Waals surface area contributed by atoms with Crippen LogP contribution >= 0.6 is 0 Å². The molecule has 0 saturated carbocycles. The van der Waals surface area contributed by atoms with Gasteiger partial charge >= 0.3 is 5.97 Å². The van der Waals surface area contributed by atoms with Crippen molar-refractivity contribution in [2.24, 2.45) is 5.92 Å². The van der Waals surface area contributed by atoms with E-state index in [-0.39, 0.29) is 12.3 Å². The fraction of sp³-hybridized carbons (Fsp3) is 0.529. The fourth-order valence-corrected chi connectivity index (χ4v) is 1.71. The highest BCUT2D eigenvalue weighted by molar-refractivity contribution is 5.87. The highest BCUT2D eigenvalue weighted by Gasteiger charge is 2.34. The lowest BCUT2D eigenvalue weighted by Crippen LogP contribution is -2.51. The normalized spacial score (nSPS) is 11.4. The van der Waals surface area contributed by atoms with Crippen molar-refractivity contribution in [2.45, 2.75) is 39.7 Å². The summed E-state index contributed by atoms with van der Waals surface area (Å²) in [7, 11) is 1.51. The van der Waals surface area contributed by atoms with Gasteiger partial charge in [0.25, 0.3) is 0 Å². The van der Waals surface area contributed by atoms with Gasteiger partial charge in [-0.3, -0.25) is 4.79 Å². The summed E-state index contributed by atoms with van der Waals surface area (Å²) >= 11 is 0. The van der Waals surface area contributed by atoms with Gasteiger partial charge in [0.05, 0.1) is 13.0 Å². The maximum absolute atomic E-state index is 12.2. The summed E-state index contributed by atoms with van der Waals surface area (Å²) in [4.78, 5) is 24.6. The van der Waals surface area contributed by atoms with E-state index >= 15 is 0 Å². The number of hydrogen-bond acceptors (Lipinski definition) is 3. The van der Waals surface area contributed by atoms with E-state index in [4.69, 9.17) is 9.84 Å². The molecule has 1 N–H and O–H groups in total. The van der Waals surface area contributed by atoms with Crippen LogP contribution in [0.5, 0.6) is 5.75 Å².